The van der Waals surface area contributed by atoms with Crippen LogP contribution in [0.2, 0.25) is 15.1 Å². The molecular formula is C13H8BrCl3. The Morgan fingerprint density at radius 2 is 1.47 bits per heavy atom. The standard InChI is InChI=1S/C13H8BrCl3/c14-7-8-1-2-9(15)5-12(8)11-4-3-10(16)6-13(11)17/h1-6H,7H2. The fourth-order valence-electron chi connectivity index (χ4n) is 1.62. The first kappa shape index (κ1) is 13.2. The second kappa shape index (κ2) is 5.62. The minimum atomic E-state index is 0.626. The average molecular weight is 350 g/mol. The third-order valence-corrected chi connectivity index (χ3v) is 3.82. The van der Waals surface area contributed by atoms with Gasteiger partial charge in [-0.15, -0.1) is 0 Å². The van der Waals surface area contributed by atoms with Gasteiger partial charge in [0, 0.05) is 26.0 Å². The zero-order chi connectivity index (χ0) is 12.4. The van der Waals surface area contributed by atoms with Gasteiger partial charge in [0.1, 0.15) is 0 Å². The van der Waals surface area contributed by atoms with Gasteiger partial charge in [-0.1, -0.05) is 62.9 Å². The van der Waals surface area contributed by atoms with Crippen molar-refractivity contribution in [3.63, 3.8) is 0 Å². The van der Waals surface area contributed by atoms with E-state index in [2.05, 4.69) is 15.9 Å². The van der Waals surface area contributed by atoms with E-state index < -0.39 is 0 Å². The first-order valence-corrected chi connectivity index (χ1v) is 7.17. The molecule has 0 nitrogen and oxygen atoms in total. The van der Waals surface area contributed by atoms with E-state index >= 15 is 0 Å². The van der Waals surface area contributed by atoms with Gasteiger partial charge in [-0.3, -0.25) is 0 Å². The molecule has 17 heavy (non-hydrogen) atoms. The van der Waals surface area contributed by atoms with Crippen LogP contribution in [-0.4, -0.2) is 0 Å². The molecule has 2 aromatic carbocycles. The van der Waals surface area contributed by atoms with Gasteiger partial charge in [-0.05, 0) is 35.4 Å². The van der Waals surface area contributed by atoms with Gasteiger partial charge < -0.3 is 0 Å². The van der Waals surface area contributed by atoms with Crippen LogP contribution < -0.4 is 0 Å². The predicted molar refractivity (Wildman–Crippen MR) is 79.5 cm³/mol. The smallest absolute Gasteiger partial charge is 0.0499 e. The van der Waals surface area contributed by atoms with Crippen LogP contribution in [0.1, 0.15) is 5.56 Å². The summed E-state index contributed by atoms with van der Waals surface area (Å²) in [6.45, 7) is 0. The van der Waals surface area contributed by atoms with Crippen molar-refractivity contribution in [3.05, 3.63) is 57.0 Å². The predicted octanol–water partition coefficient (Wildman–Crippen LogP) is 6.21. The molecule has 0 aliphatic rings. The maximum absolute atomic E-state index is 6.20. The van der Waals surface area contributed by atoms with Crippen molar-refractivity contribution in [2.24, 2.45) is 0 Å². The lowest BCUT2D eigenvalue weighted by molar-refractivity contribution is 1.43. The van der Waals surface area contributed by atoms with Gasteiger partial charge >= 0.3 is 0 Å². The summed E-state index contributed by atoms with van der Waals surface area (Å²) in [5.41, 5.74) is 3.10. The van der Waals surface area contributed by atoms with Crippen molar-refractivity contribution >= 4 is 50.7 Å². The molecular weight excluding hydrogens is 342 g/mol. The van der Waals surface area contributed by atoms with Crippen LogP contribution in [-0.2, 0) is 5.33 Å². The third kappa shape index (κ3) is 2.97. The van der Waals surface area contributed by atoms with E-state index in [0.29, 0.717) is 15.1 Å². The number of alkyl halides is 1. The van der Waals surface area contributed by atoms with Gasteiger partial charge in [0.15, 0.2) is 0 Å². The Morgan fingerprint density at radius 1 is 0.824 bits per heavy atom. The third-order valence-electron chi connectivity index (χ3n) is 2.44. The van der Waals surface area contributed by atoms with Gasteiger partial charge in [-0.25, -0.2) is 0 Å². The molecule has 2 rings (SSSR count). The number of halogens is 4. The van der Waals surface area contributed by atoms with Crippen LogP contribution in [0.3, 0.4) is 0 Å². The minimum Gasteiger partial charge on any atom is -0.0876 e. The first-order valence-electron chi connectivity index (χ1n) is 4.91. The number of hydrogen-bond acceptors (Lipinski definition) is 0. The first-order chi connectivity index (χ1) is 8.11. The molecule has 0 heterocycles. The highest BCUT2D eigenvalue weighted by atomic mass is 79.9. The maximum atomic E-state index is 6.20. The Kier molecular flexibility index (Phi) is 4.37. The molecule has 0 fully saturated rings. The molecule has 0 atom stereocenters. The Morgan fingerprint density at radius 3 is 2.12 bits per heavy atom. The molecule has 88 valence electrons. The molecule has 4 heteroatoms. The lowest BCUT2D eigenvalue weighted by Gasteiger charge is -2.10. The molecule has 0 saturated carbocycles. The number of hydrogen-bond donors (Lipinski definition) is 0. The Labute approximate surface area is 124 Å². The largest absolute Gasteiger partial charge is 0.0876 e. The second-order valence-electron chi connectivity index (χ2n) is 3.56. The number of rotatable bonds is 2. The van der Waals surface area contributed by atoms with Gasteiger partial charge in [0.05, 0.1) is 0 Å². The lowest BCUT2D eigenvalue weighted by atomic mass is 10.0. The van der Waals surface area contributed by atoms with Crippen LogP contribution in [0.4, 0.5) is 0 Å². The fourth-order valence-corrected chi connectivity index (χ4v) is 2.80. The van der Waals surface area contributed by atoms with Crippen molar-refractivity contribution in [3.8, 4) is 11.1 Å². The summed E-state index contributed by atoms with van der Waals surface area (Å²) in [5.74, 6) is 0. The van der Waals surface area contributed by atoms with Gasteiger partial charge in [0.25, 0.3) is 0 Å². The van der Waals surface area contributed by atoms with Crippen molar-refractivity contribution < 1.29 is 0 Å². The van der Waals surface area contributed by atoms with Crippen molar-refractivity contribution in [1.82, 2.24) is 0 Å². The van der Waals surface area contributed by atoms with Crippen molar-refractivity contribution in [2.45, 2.75) is 5.33 Å². The molecule has 0 radical (unpaired) electrons. The van der Waals surface area contributed by atoms with Gasteiger partial charge in [0.2, 0.25) is 0 Å². The van der Waals surface area contributed by atoms with E-state index in [9.17, 15) is 0 Å². The summed E-state index contributed by atoms with van der Waals surface area (Å²) < 4.78 is 0. The summed E-state index contributed by atoms with van der Waals surface area (Å²) >= 11 is 21.6. The molecule has 0 aliphatic heterocycles. The summed E-state index contributed by atoms with van der Waals surface area (Å²) in [7, 11) is 0. The highest BCUT2D eigenvalue weighted by molar-refractivity contribution is 9.08. The molecule has 0 amide bonds. The Hall–Kier alpha value is -0.210. The molecule has 0 spiro atoms. The van der Waals surface area contributed by atoms with E-state index in [1.54, 1.807) is 6.07 Å². The molecule has 2 aromatic rings. The fraction of sp³-hybridized carbons (Fsp3) is 0.0769. The minimum absolute atomic E-state index is 0.626. The normalized spacial score (nSPS) is 10.6. The Balaban J connectivity index is 2.62. The lowest BCUT2D eigenvalue weighted by Crippen LogP contribution is -1.87. The summed E-state index contributed by atoms with van der Waals surface area (Å²) in [6.07, 6.45) is 0. The molecule has 0 aliphatic carbocycles. The summed E-state index contributed by atoms with van der Waals surface area (Å²) in [4.78, 5) is 0. The highest BCUT2D eigenvalue weighted by Crippen LogP contribution is 2.34. The highest BCUT2D eigenvalue weighted by Gasteiger charge is 2.09. The van der Waals surface area contributed by atoms with Crippen molar-refractivity contribution in [2.75, 3.05) is 0 Å². The monoisotopic (exact) mass is 348 g/mol. The van der Waals surface area contributed by atoms with E-state index in [0.717, 1.165) is 22.0 Å². The van der Waals surface area contributed by atoms with Crippen LogP contribution in [0, 0.1) is 0 Å². The van der Waals surface area contributed by atoms with E-state index in [-0.39, 0.29) is 0 Å². The zero-order valence-electron chi connectivity index (χ0n) is 8.68. The molecule has 0 unspecified atom stereocenters. The van der Waals surface area contributed by atoms with Crippen LogP contribution in [0.15, 0.2) is 36.4 Å². The average Bonchev–Trinajstić information content (AvgIpc) is 2.29. The van der Waals surface area contributed by atoms with Gasteiger partial charge in [-0.2, -0.15) is 0 Å². The number of benzene rings is 2. The summed E-state index contributed by atoms with van der Waals surface area (Å²) in [5, 5.41) is 2.69. The molecule has 0 N–H and O–H groups in total. The van der Waals surface area contributed by atoms with E-state index in [1.807, 2.05) is 30.3 Å². The van der Waals surface area contributed by atoms with Crippen LogP contribution >= 0.6 is 50.7 Å². The van der Waals surface area contributed by atoms with E-state index in [4.69, 9.17) is 34.8 Å². The topological polar surface area (TPSA) is 0 Å². The Bertz CT molecular complexity index is 552. The maximum Gasteiger partial charge on any atom is 0.0499 e. The van der Waals surface area contributed by atoms with Crippen LogP contribution in [0.5, 0.6) is 0 Å². The van der Waals surface area contributed by atoms with E-state index in [1.165, 1.54) is 0 Å². The molecule has 0 saturated heterocycles. The zero-order valence-corrected chi connectivity index (χ0v) is 12.5. The van der Waals surface area contributed by atoms with Crippen molar-refractivity contribution in [1.29, 1.82) is 0 Å². The molecule has 0 aromatic heterocycles. The van der Waals surface area contributed by atoms with Crippen LogP contribution in [0.25, 0.3) is 11.1 Å². The quantitative estimate of drug-likeness (QED) is 0.565. The second-order valence-corrected chi connectivity index (χ2v) is 5.40. The summed E-state index contributed by atoms with van der Waals surface area (Å²) in [6, 6.07) is 11.2. The SMILES string of the molecule is Clc1ccc(-c2cc(Cl)ccc2CBr)c(Cl)c1. The molecule has 0 bridgehead atoms.